The van der Waals surface area contributed by atoms with Crippen LogP contribution in [0.3, 0.4) is 0 Å². The van der Waals surface area contributed by atoms with Crippen LogP contribution in [0.4, 0.5) is 10.1 Å². The molecule has 0 atom stereocenters. The normalized spacial score (nSPS) is 14.6. The second-order valence-electron chi connectivity index (χ2n) is 7.16. The molecule has 1 fully saturated rings. The zero-order chi connectivity index (χ0) is 24.2. The minimum atomic E-state index is -0.300. The van der Waals surface area contributed by atoms with E-state index >= 15 is 0 Å². The molecule has 9 heteroatoms. The highest BCUT2D eigenvalue weighted by atomic mass is 35.5. The van der Waals surface area contributed by atoms with E-state index in [9.17, 15) is 9.18 Å². The fourth-order valence-corrected chi connectivity index (χ4v) is 4.82. The van der Waals surface area contributed by atoms with Crippen molar-refractivity contribution in [1.29, 1.82) is 0 Å². The molecular weight excluding hydrogens is 497 g/mol. The maximum Gasteiger partial charge on any atom is 0.270 e. The van der Waals surface area contributed by atoms with Crippen LogP contribution in [0.1, 0.15) is 11.1 Å². The fourth-order valence-electron chi connectivity index (χ4n) is 3.27. The standard InChI is InChI=1S/C25H19ClFNO4S2/c1-30-20-10-8-18(13-19(20)26)28-24(29)23(34-25(28)33)12-16-5-9-21(22(11-16)31-2)32-14-15-3-6-17(27)7-4-15/h3-13H,14H2,1-2H3/b23-12-. The Labute approximate surface area is 211 Å². The first kappa shape index (κ1) is 24.1. The first-order valence-electron chi connectivity index (χ1n) is 10.1. The van der Waals surface area contributed by atoms with Crippen molar-refractivity contribution in [1.82, 2.24) is 0 Å². The van der Waals surface area contributed by atoms with E-state index in [2.05, 4.69) is 0 Å². The number of thiocarbonyl (C=S) groups is 1. The van der Waals surface area contributed by atoms with Crippen molar-refractivity contribution in [2.24, 2.45) is 0 Å². The Balaban J connectivity index is 1.53. The van der Waals surface area contributed by atoms with Crippen LogP contribution in [0.25, 0.3) is 6.08 Å². The summed E-state index contributed by atoms with van der Waals surface area (Å²) in [6.45, 7) is 0.263. The van der Waals surface area contributed by atoms with E-state index < -0.39 is 0 Å². The Morgan fingerprint density at radius 1 is 1.00 bits per heavy atom. The summed E-state index contributed by atoms with van der Waals surface area (Å²) in [5.74, 6) is 1.01. The number of halogens is 2. The summed E-state index contributed by atoms with van der Waals surface area (Å²) in [5, 5.41) is 0.388. The maximum absolute atomic E-state index is 13.1. The summed E-state index contributed by atoms with van der Waals surface area (Å²) in [7, 11) is 3.06. The van der Waals surface area contributed by atoms with Crippen molar-refractivity contribution in [3.05, 3.63) is 87.5 Å². The highest BCUT2D eigenvalue weighted by Crippen LogP contribution is 2.39. The molecule has 3 aromatic carbocycles. The summed E-state index contributed by atoms with van der Waals surface area (Å²) in [6.07, 6.45) is 1.75. The Hall–Kier alpha value is -3.07. The van der Waals surface area contributed by atoms with Crippen LogP contribution in [-0.2, 0) is 11.4 Å². The van der Waals surface area contributed by atoms with Gasteiger partial charge in [-0.25, -0.2) is 4.39 Å². The van der Waals surface area contributed by atoms with Crippen molar-refractivity contribution in [3.63, 3.8) is 0 Å². The molecule has 1 aliphatic rings. The fraction of sp³-hybridized carbons (Fsp3) is 0.120. The minimum Gasteiger partial charge on any atom is -0.495 e. The molecule has 3 aromatic rings. The predicted octanol–water partition coefficient (Wildman–Crippen LogP) is 6.48. The van der Waals surface area contributed by atoms with Gasteiger partial charge in [-0.05, 0) is 59.7 Å². The lowest BCUT2D eigenvalue weighted by atomic mass is 10.1. The van der Waals surface area contributed by atoms with Crippen LogP contribution in [-0.4, -0.2) is 24.4 Å². The molecule has 1 aliphatic heterocycles. The van der Waals surface area contributed by atoms with Crippen molar-refractivity contribution in [2.45, 2.75) is 6.61 Å². The number of methoxy groups -OCH3 is 2. The Morgan fingerprint density at radius 3 is 2.38 bits per heavy atom. The smallest absolute Gasteiger partial charge is 0.270 e. The number of thioether (sulfide) groups is 1. The molecule has 0 bridgehead atoms. The summed E-state index contributed by atoms with van der Waals surface area (Å²) in [6, 6.07) is 16.5. The average molecular weight is 516 g/mol. The molecule has 4 rings (SSSR count). The lowest BCUT2D eigenvalue weighted by Gasteiger charge is -2.15. The molecule has 0 saturated carbocycles. The zero-order valence-corrected chi connectivity index (χ0v) is 20.6. The van der Waals surface area contributed by atoms with Crippen LogP contribution >= 0.6 is 35.6 Å². The van der Waals surface area contributed by atoms with Gasteiger partial charge in [0.05, 0.1) is 29.8 Å². The van der Waals surface area contributed by atoms with E-state index in [0.29, 0.717) is 37.2 Å². The highest BCUT2D eigenvalue weighted by Gasteiger charge is 2.33. The van der Waals surface area contributed by atoms with Gasteiger partial charge < -0.3 is 14.2 Å². The summed E-state index contributed by atoms with van der Waals surface area (Å²) >= 11 is 12.9. The van der Waals surface area contributed by atoms with Crippen molar-refractivity contribution in [3.8, 4) is 17.2 Å². The number of carbonyl (C=O) groups is 1. The van der Waals surface area contributed by atoms with Crippen molar-refractivity contribution < 1.29 is 23.4 Å². The van der Waals surface area contributed by atoms with Gasteiger partial charge in [0.15, 0.2) is 15.8 Å². The SMILES string of the molecule is COc1ccc(N2C(=O)/C(=C/c3ccc(OCc4ccc(F)cc4)c(OC)c3)SC2=S)cc1Cl. The summed E-state index contributed by atoms with van der Waals surface area (Å²) < 4.78 is 30.0. The molecule has 1 heterocycles. The Morgan fingerprint density at radius 2 is 1.71 bits per heavy atom. The van der Waals surface area contributed by atoms with E-state index in [1.54, 1.807) is 48.5 Å². The molecule has 0 unspecified atom stereocenters. The number of amides is 1. The molecule has 5 nitrogen and oxygen atoms in total. The highest BCUT2D eigenvalue weighted by molar-refractivity contribution is 8.27. The maximum atomic E-state index is 13.1. The Kier molecular flexibility index (Phi) is 7.41. The van der Waals surface area contributed by atoms with Gasteiger partial charge in [0.25, 0.3) is 5.91 Å². The molecule has 1 amide bonds. The second-order valence-corrected chi connectivity index (χ2v) is 9.24. The predicted molar refractivity (Wildman–Crippen MR) is 137 cm³/mol. The largest absolute Gasteiger partial charge is 0.495 e. The quantitative estimate of drug-likeness (QED) is 0.265. The van der Waals surface area contributed by atoms with Gasteiger partial charge in [-0.15, -0.1) is 0 Å². The molecule has 0 aliphatic carbocycles. The summed E-state index contributed by atoms with van der Waals surface area (Å²) in [5.41, 5.74) is 2.15. The number of nitrogens with zero attached hydrogens (tertiary/aromatic N) is 1. The monoisotopic (exact) mass is 515 g/mol. The lowest BCUT2D eigenvalue weighted by molar-refractivity contribution is -0.113. The van der Waals surface area contributed by atoms with Gasteiger partial charge >= 0.3 is 0 Å². The molecule has 34 heavy (non-hydrogen) atoms. The molecule has 0 spiro atoms. The third-order valence-electron chi connectivity index (χ3n) is 4.98. The van der Waals surface area contributed by atoms with Gasteiger partial charge in [0.1, 0.15) is 18.2 Å². The third kappa shape index (κ3) is 5.19. The zero-order valence-electron chi connectivity index (χ0n) is 18.2. The van der Waals surface area contributed by atoms with Gasteiger partial charge in [-0.3, -0.25) is 9.69 Å². The number of hydrogen-bond donors (Lipinski definition) is 0. The molecule has 0 N–H and O–H groups in total. The van der Waals surface area contributed by atoms with Gasteiger partial charge in [0, 0.05) is 0 Å². The molecular formula is C25H19ClFNO4S2. The van der Waals surface area contributed by atoms with Crippen molar-refractivity contribution >= 4 is 57.6 Å². The Bertz CT molecular complexity index is 1280. The van der Waals surface area contributed by atoms with E-state index in [4.69, 9.17) is 38.0 Å². The number of ether oxygens (including phenoxy) is 3. The third-order valence-corrected chi connectivity index (χ3v) is 6.58. The van der Waals surface area contributed by atoms with Gasteiger partial charge in [-0.2, -0.15) is 0 Å². The average Bonchev–Trinajstić information content (AvgIpc) is 3.11. The van der Waals surface area contributed by atoms with E-state index in [-0.39, 0.29) is 18.3 Å². The number of benzene rings is 3. The van der Waals surface area contributed by atoms with Crippen LogP contribution < -0.4 is 19.1 Å². The molecule has 1 saturated heterocycles. The van der Waals surface area contributed by atoms with Crippen LogP contribution in [0.5, 0.6) is 17.2 Å². The molecule has 0 aromatic heterocycles. The lowest BCUT2D eigenvalue weighted by Crippen LogP contribution is -2.27. The van der Waals surface area contributed by atoms with Crippen LogP contribution in [0.15, 0.2) is 65.6 Å². The molecule has 0 radical (unpaired) electrons. The van der Waals surface area contributed by atoms with Crippen LogP contribution in [0.2, 0.25) is 5.02 Å². The van der Waals surface area contributed by atoms with Crippen molar-refractivity contribution in [2.75, 3.05) is 19.1 Å². The molecule has 174 valence electrons. The van der Waals surface area contributed by atoms with E-state index in [1.165, 1.54) is 43.0 Å². The van der Waals surface area contributed by atoms with Gasteiger partial charge in [0.2, 0.25) is 0 Å². The number of rotatable bonds is 7. The summed E-state index contributed by atoms with van der Waals surface area (Å²) in [4.78, 5) is 15.0. The first-order valence-corrected chi connectivity index (χ1v) is 11.7. The number of carbonyl (C=O) groups excluding carboxylic acids is 1. The number of hydrogen-bond acceptors (Lipinski definition) is 6. The second kappa shape index (κ2) is 10.5. The van der Waals surface area contributed by atoms with E-state index in [1.807, 2.05) is 6.07 Å². The van der Waals surface area contributed by atoms with E-state index in [0.717, 1.165) is 11.1 Å². The topological polar surface area (TPSA) is 48.0 Å². The first-order chi connectivity index (χ1) is 16.4. The van der Waals surface area contributed by atoms with Gasteiger partial charge in [-0.1, -0.05) is 53.8 Å². The van der Waals surface area contributed by atoms with Crippen LogP contribution in [0, 0.1) is 5.82 Å². The minimum absolute atomic E-state index is 0.244. The number of anilines is 1.